The molecule has 0 aromatic heterocycles. The lowest BCUT2D eigenvalue weighted by Gasteiger charge is -2.29. The van der Waals surface area contributed by atoms with Crippen LogP contribution in [-0.2, 0) is 0 Å². The summed E-state index contributed by atoms with van der Waals surface area (Å²) in [6, 6.07) is 5.55. The first-order chi connectivity index (χ1) is 7.68. The highest BCUT2D eigenvalue weighted by molar-refractivity contribution is 5.54. The number of piperidine rings is 1. The molecule has 0 bridgehead atoms. The van der Waals surface area contributed by atoms with Gasteiger partial charge < -0.3 is 15.1 Å². The molecule has 3 heteroatoms. The van der Waals surface area contributed by atoms with E-state index >= 15 is 0 Å². The Hall–Kier alpha value is -1.22. The van der Waals surface area contributed by atoms with Crippen LogP contribution in [0.25, 0.3) is 0 Å². The second-order valence-corrected chi connectivity index (χ2v) is 4.47. The van der Waals surface area contributed by atoms with Crippen LogP contribution in [-0.4, -0.2) is 23.3 Å². The molecule has 0 amide bonds. The number of hydrogen-bond donors (Lipinski definition) is 2. The second kappa shape index (κ2) is 4.74. The van der Waals surface area contributed by atoms with Gasteiger partial charge in [0.1, 0.15) is 5.75 Å². The first-order valence-corrected chi connectivity index (χ1v) is 5.94. The zero-order valence-corrected chi connectivity index (χ0v) is 9.69. The van der Waals surface area contributed by atoms with Crippen LogP contribution in [0, 0.1) is 0 Å². The number of hydrogen-bond acceptors (Lipinski definition) is 3. The Morgan fingerprint density at radius 3 is 2.44 bits per heavy atom. The van der Waals surface area contributed by atoms with Crippen molar-refractivity contribution >= 4 is 5.69 Å². The van der Waals surface area contributed by atoms with E-state index in [1.165, 1.54) is 19.3 Å². The Morgan fingerprint density at radius 2 is 1.88 bits per heavy atom. The maximum absolute atomic E-state index is 9.81. The van der Waals surface area contributed by atoms with Crippen LogP contribution in [0.2, 0.25) is 0 Å². The van der Waals surface area contributed by atoms with Crippen molar-refractivity contribution in [3.05, 3.63) is 23.8 Å². The van der Waals surface area contributed by atoms with Crippen LogP contribution in [0.15, 0.2) is 18.2 Å². The zero-order chi connectivity index (χ0) is 11.5. The summed E-state index contributed by atoms with van der Waals surface area (Å²) in [5.74, 6) is 0.193. The number of nitrogens with zero attached hydrogens (tertiary/aromatic N) is 1. The number of aromatic hydroxyl groups is 1. The highest BCUT2D eigenvalue weighted by Crippen LogP contribution is 2.30. The first-order valence-electron chi connectivity index (χ1n) is 5.94. The van der Waals surface area contributed by atoms with E-state index in [1.54, 1.807) is 13.0 Å². The lowest BCUT2D eigenvalue weighted by Crippen LogP contribution is -2.29. The normalized spacial score (nSPS) is 18.5. The number of rotatable bonds is 2. The minimum atomic E-state index is -0.615. The average Bonchev–Trinajstić information content (AvgIpc) is 2.29. The largest absolute Gasteiger partial charge is 0.507 e. The summed E-state index contributed by atoms with van der Waals surface area (Å²) < 4.78 is 0. The van der Waals surface area contributed by atoms with E-state index < -0.39 is 6.10 Å². The smallest absolute Gasteiger partial charge is 0.123 e. The van der Waals surface area contributed by atoms with Crippen LogP contribution in [0.3, 0.4) is 0 Å². The Morgan fingerprint density at radius 1 is 1.19 bits per heavy atom. The van der Waals surface area contributed by atoms with Crippen LogP contribution in [0.5, 0.6) is 5.75 Å². The second-order valence-electron chi connectivity index (χ2n) is 4.47. The number of aliphatic hydroxyl groups is 1. The van der Waals surface area contributed by atoms with Gasteiger partial charge in [-0.25, -0.2) is 0 Å². The number of phenolic OH excluding ortho intramolecular Hbond substituents is 1. The monoisotopic (exact) mass is 221 g/mol. The van der Waals surface area contributed by atoms with Crippen LogP contribution in [0.1, 0.15) is 37.9 Å². The summed E-state index contributed by atoms with van der Waals surface area (Å²) in [5, 5.41) is 19.2. The van der Waals surface area contributed by atoms with E-state index in [0.717, 1.165) is 18.8 Å². The molecule has 0 saturated carbocycles. The predicted molar refractivity (Wildman–Crippen MR) is 64.8 cm³/mol. The van der Waals surface area contributed by atoms with Crippen molar-refractivity contribution in [1.29, 1.82) is 0 Å². The van der Waals surface area contributed by atoms with Gasteiger partial charge in [-0.1, -0.05) is 6.07 Å². The number of anilines is 1. The van der Waals surface area contributed by atoms with E-state index in [0.29, 0.717) is 5.56 Å². The molecule has 3 nitrogen and oxygen atoms in total. The molecular weight excluding hydrogens is 202 g/mol. The first kappa shape index (κ1) is 11.3. The van der Waals surface area contributed by atoms with Gasteiger partial charge in [-0.3, -0.25) is 0 Å². The quantitative estimate of drug-likeness (QED) is 0.806. The van der Waals surface area contributed by atoms with Gasteiger partial charge in [-0.15, -0.1) is 0 Å². The van der Waals surface area contributed by atoms with Gasteiger partial charge in [-0.05, 0) is 32.3 Å². The Bertz CT molecular complexity index is 357. The van der Waals surface area contributed by atoms with E-state index in [4.69, 9.17) is 0 Å². The highest BCUT2D eigenvalue weighted by Gasteiger charge is 2.13. The Labute approximate surface area is 96.3 Å². The fourth-order valence-electron chi connectivity index (χ4n) is 2.23. The molecule has 1 aromatic rings. The van der Waals surface area contributed by atoms with E-state index in [1.807, 2.05) is 12.1 Å². The Kier molecular flexibility index (Phi) is 3.34. The lowest BCUT2D eigenvalue weighted by molar-refractivity contribution is 0.195. The van der Waals surface area contributed by atoms with Crippen LogP contribution >= 0.6 is 0 Å². The van der Waals surface area contributed by atoms with E-state index in [-0.39, 0.29) is 5.75 Å². The summed E-state index contributed by atoms with van der Waals surface area (Å²) >= 11 is 0. The van der Waals surface area contributed by atoms with Gasteiger partial charge in [-0.2, -0.15) is 0 Å². The number of aliphatic hydroxyl groups excluding tert-OH is 1. The fraction of sp³-hybridized carbons (Fsp3) is 0.538. The average molecular weight is 221 g/mol. The van der Waals surface area contributed by atoms with Gasteiger partial charge in [0.05, 0.1) is 6.10 Å². The zero-order valence-electron chi connectivity index (χ0n) is 9.69. The van der Waals surface area contributed by atoms with E-state index in [2.05, 4.69) is 4.90 Å². The molecule has 0 aliphatic carbocycles. The third kappa shape index (κ3) is 2.30. The van der Waals surface area contributed by atoms with Crippen LogP contribution < -0.4 is 4.90 Å². The molecule has 1 aliphatic heterocycles. The third-order valence-electron chi connectivity index (χ3n) is 3.19. The maximum atomic E-state index is 9.81. The summed E-state index contributed by atoms with van der Waals surface area (Å²) in [7, 11) is 0. The molecule has 88 valence electrons. The highest BCUT2D eigenvalue weighted by atomic mass is 16.3. The molecule has 1 aliphatic rings. The number of phenols is 1. The van der Waals surface area contributed by atoms with Gasteiger partial charge in [0, 0.05) is 30.4 Å². The van der Waals surface area contributed by atoms with E-state index in [9.17, 15) is 10.2 Å². The summed E-state index contributed by atoms with van der Waals surface area (Å²) in [5.41, 5.74) is 1.65. The Balaban J connectivity index is 2.19. The van der Waals surface area contributed by atoms with Crippen molar-refractivity contribution in [1.82, 2.24) is 0 Å². The number of benzene rings is 1. The molecule has 1 atom stereocenters. The van der Waals surface area contributed by atoms with Crippen molar-refractivity contribution in [3.63, 3.8) is 0 Å². The molecular formula is C13H19NO2. The topological polar surface area (TPSA) is 43.7 Å². The molecule has 1 unspecified atom stereocenters. The molecule has 2 N–H and O–H groups in total. The van der Waals surface area contributed by atoms with Crippen molar-refractivity contribution in [2.24, 2.45) is 0 Å². The summed E-state index contributed by atoms with van der Waals surface area (Å²) in [6.07, 6.45) is 3.13. The maximum Gasteiger partial charge on any atom is 0.123 e. The summed E-state index contributed by atoms with van der Waals surface area (Å²) in [4.78, 5) is 2.29. The van der Waals surface area contributed by atoms with Gasteiger partial charge in [0.25, 0.3) is 0 Å². The summed E-state index contributed by atoms with van der Waals surface area (Å²) in [6.45, 7) is 3.79. The molecule has 1 aromatic carbocycles. The third-order valence-corrected chi connectivity index (χ3v) is 3.19. The molecule has 16 heavy (non-hydrogen) atoms. The molecule has 1 heterocycles. The fourth-order valence-corrected chi connectivity index (χ4v) is 2.23. The molecule has 2 rings (SSSR count). The van der Waals surface area contributed by atoms with Crippen molar-refractivity contribution in [2.75, 3.05) is 18.0 Å². The lowest BCUT2D eigenvalue weighted by atomic mass is 10.1. The van der Waals surface area contributed by atoms with Crippen molar-refractivity contribution < 1.29 is 10.2 Å². The van der Waals surface area contributed by atoms with Crippen molar-refractivity contribution in [3.8, 4) is 5.75 Å². The van der Waals surface area contributed by atoms with Gasteiger partial charge in [0.2, 0.25) is 0 Å². The van der Waals surface area contributed by atoms with Crippen molar-refractivity contribution in [2.45, 2.75) is 32.3 Å². The van der Waals surface area contributed by atoms with Gasteiger partial charge >= 0.3 is 0 Å². The van der Waals surface area contributed by atoms with Gasteiger partial charge in [0.15, 0.2) is 0 Å². The molecule has 0 spiro atoms. The SMILES string of the molecule is CC(O)c1ccc(N2CCCCC2)cc1O. The standard InChI is InChI=1S/C13H19NO2/c1-10(15)12-6-5-11(9-13(12)16)14-7-3-2-4-8-14/h5-6,9-10,15-16H,2-4,7-8H2,1H3. The molecule has 1 fully saturated rings. The predicted octanol–water partition coefficient (Wildman–Crippen LogP) is 2.44. The minimum Gasteiger partial charge on any atom is -0.507 e. The minimum absolute atomic E-state index is 0.193. The molecule has 1 saturated heterocycles. The molecule has 0 radical (unpaired) electrons. The van der Waals surface area contributed by atoms with Crippen LogP contribution in [0.4, 0.5) is 5.69 Å².